The van der Waals surface area contributed by atoms with E-state index in [1.165, 1.54) is 24.0 Å². The monoisotopic (exact) mass is 1180 g/mol. The molecule has 2 fully saturated rings. The lowest BCUT2D eigenvalue weighted by Crippen LogP contribution is -2.60. The Labute approximate surface area is 478 Å². The second kappa shape index (κ2) is 36.7. The molecule has 0 unspecified atom stereocenters. The van der Waals surface area contributed by atoms with Crippen LogP contribution in [0.25, 0.3) is 0 Å². The van der Waals surface area contributed by atoms with Gasteiger partial charge in [-0.25, -0.2) is 29.2 Å². The molecule has 4 heterocycles. The van der Waals surface area contributed by atoms with Crippen molar-refractivity contribution < 1.29 is 114 Å². The number of methoxy groups -OCH3 is 2. The van der Waals surface area contributed by atoms with Crippen LogP contribution in [0, 0.1) is 18.3 Å². The van der Waals surface area contributed by atoms with Crippen molar-refractivity contribution >= 4 is 59.9 Å². The van der Waals surface area contributed by atoms with Gasteiger partial charge >= 0.3 is 36.2 Å². The molecule has 2 saturated heterocycles. The smallest absolute Gasteiger partial charge is 0.479 e. The predicted octanol–water partition coefficient (Wildman–Crippen LogP) is -2.27. The lowest BCUT2D eigenvalue weighted by atomic mass is 9.87. The number of terminal acetylenes is 1. The zero-order chi connectivity index (χ0) is 60.7. The van der Waals surface area contributed by atoms with Gasteiger partial charge in [-0.05, 0) is 25.0 Å². The van der Waals surface area contributed by atoms with E-state index >= 15 is 0 Å². The molecule has 4 aliphatic heterocycles. The summed E-state index contributed by atoms with van der Waals surface area (Å²) < 4.78 is 86.9. The molecule has 10 atom stereocenters. The maximum atomic E-state index is 13.5. The first kappa shape index (κ1) is 67.8. The number of nitrogens with one attached hydrogen (secondary N) is 1. The molecule has 2 amide bonds. The Bertz CT molecular complexity index is 2320. The molecule has 32 heteroatoms. The molecule has 9 N–H and O–H groups in total. The number of carbonyl (C=O) groups excluding carboxylic acids is 8. The minimum absolute atomic E-state index is 0.00641. The molecule has 0 radical (unpaired) electrons. The van der Waals surface area contributed by atoms with Gasteiger partial charge in [0.2, 0.25) is 23.3 Å². The lowest BCUT2D eigenvalue weighted by molar-refractivity contribution is -0.172. The van der Waals surface area contributed by atoms with E-state index in [0.717, 1.165) is 14.2 Å². The predicted molar refractivity (Wildman–Crippen MR) is 282 cm³/mol. The van der Waals surface area contributed by atoms with Crippen molar-refractivity contribution in [2.75, 3.05) is 120 Å². The zero-order valence-electron chi connectivity index (χ0n) is 46.8. The summed E-state index contributed by atoms with van der Waals surface area (Å²) in [5, 5.41) is 2.64. The molecule has 0 aliphatic carbocycles. The third-order valence-electron chi connectivity index (χ3n) is 12.3. The third-order valence-corrected chi connectivity index (χ3v) is 12.3. The van der Waals surface area contributed by atoms with Gasteiger partial charge < -0.3 is 109 Å². The molecule has 4 aliphatic rings. The van der Waals surface area contributed by atoms with Gasteiger partial charge in [-0.15, -0.1) is 6.42 Å². The SMILES string of the molecule is C#CCOCCOCCOCCOCCC(=O)N(CCOCCCC(=O)O[C@@H]([C@@H]1OC(C(=O)OC)=C[C@H](N=C(N)N)[C@H]1C)[C@H]1COC(=O)O1)CCOCCCC(=O)O[C@@H]([C@@H]1OC(C(=O)OC)=C[C@H](N=C(N)N)[C@H]1NC(C)=O)[C@H]1COC(=O)O1. The Hall–Kier alpha value is -7.70. The van der Waals surface area contributed by atoms with Crippen molar-refractivity contribution in [2.45, 2.75) is 101 Å². The molecule has 4 rings (SSSR count). The standard InChI is InChI=1S/C51H76N8O24/c1-6-14-70-20-22-74-24-25-75-23-21-73-17-11-38(61)59(12-18-71-15-7-9-39(62)82-43(36-28-76-50(66)80-36)42-30(2)32(57-48(52)53)26-34(78-42)46(64)68-4)13-19-72-16-8-10-40(63)83-44(37-29-77-51(67)81-37)45-41(56-31(3)60)33(58-49(54)55)27-35(79-45)47(65)69-5/h1,26-27,30,32-33,36-37,41-45H,7-25,28-29H2,2-5H3,(H,56,60)(H4,52,53,57)(H4,54,55,58)/t30-,32+,33+,36-,37-,41-,42-,43-,44-,45-/m1/s1. The number of rotatable bonds is 38. The summed E-state index contributed by atoms with van der Waals surface area (Å²) >= 11 is 0. The van der Waals surface area contributed by atoms with Crippen LogP contribution in [-0.2, 0) is 105 Å². The number of carbonyl (C=O) groups is 8. The minimum Gasteiger partial charge on any atom is -0.479 e. The second-order valence-electron chi connectivity index (χ2n) is 18.4. The Morgan fingerprint density at radius 2 is 1.08 bits per heavy atom. The van der Waals surface area contributed by atoms with Crippen LogP contribution in [0.2, 0.25) is 0 Å². The highest BCUT2D eigenvalue weighted by Crippen LogP contribution is 2.33. The van der Waals surface area contributed by atoms with Crippen LogP contribution < -0.4 is 28.3 Å². The number of cyclic esters (lactones) is 4. The Kier molecular flexibility index (Phi) is 30.0. The number of aliphatic imine (C=N–C) groups is 2. The Morgan fingerprint density at radius 1 is 0.639 bits per heavy atom. The number of hydrogen-bond acceptors (Lipinski definition) is 26. The number of nitrogens with two attached hydrogens (primary N) is 4. The molecule has 0 spiro atoms. The first-order valence-corrected chi connectivity index (χ1v) is 26.5. The number of amides is 2. The maximum absolute atomic E-state index is 13.5. The van der Waals surface area contributed by atoms with Crippen LogP contribution in [0.15, 0.2) is 33.7 Å². The van der Waals surface area contributed by atoms with E-state index in [1.807, 2.05) is 0 Å². The van der Waals surface area contributed by atoms with Gasteiger partial charge in [0.25, 0.3) is 0 Å². The lowest BCUT2D eigenvalue weighted by Gasteiger charge is -2.39. The molecular formula is C51H76N8O24. The molecule has 0 bridgehead atoms. The van der Waals surface area contributed by atoms with Crippen LogP contribution in [0.1, 0.15) is 46.0 Å². The first-order chi connectivity index (χ1) is 39.8. The van der Waals surface area contributed by atoms with Gasteiger partial charge in [-0.3, -0.25) is 19.2 Å². The normalized spacial score (nSPS) is 22.3. The Morgan fingerprint density at radius 3 is 1.54 bits per heavy atom. The number of hydrogen-bond donors (Lipinski definition) is 5. The average Bonchev–Trinajstić information content (AvgIpc) is 4.27. The zero-order valence-corrected chi connectivity index (χ0v) is 46.8. The van der Waals surface area contributed by atoms with Crippen molar-refractivity contribution in [1.82, 2.24) is 10.2 Å². The van der Waals surface area contributed by atoms with E-state index < -0.39 is 109 Å². The van der Waals surface area contributed by atoms with E-state index in [9.17, 15) is 38.4 Å². The average molecular weight is 1190 g/mol. The molecule has 0 saturated carbocycles. The van der Waals surface area contributed by atoms with Crippen LogP contribution in [-0.4, -0.2) is 239 Å². The van der Waals surface area contributed by atoms with E-state index in [4.69, 9.17) is 105 Å². The highest BCUT2D eigenvalue weighted by Gasteiger charge is 2.51. The summed E-state index contributed by atoms with van der Waals surface area (Å²) in [6.07, 6.45) is -2.12. The van der Waals surface area contributed by atoms with Gasteiger partial charge in [0.15, 0.2) is 42.4 Å². The van der Waals surface area contributed by atoms with Crippen molar-refractivity contribution in [3.63, 3.8) is 0 Å². The van der Waals surface area contributed by atoms with Gasteiger partial charge in [0, 0.05) is 52.0 Å². The number of nitrogens with zero attached hydrogens (tertiary/aromatic N) is 3. The van der Waals surface area contributed by atoms with E-state index in [1.54, 1.807) is 6.92 Å². The number of guanidine groups is 2. The third kappa shape index (κ3) is 24.0. The van der Waals surface area contributed by atoms with Gasteiger partial charge in [0.1, 0.15) is 25.9 Å². The molecule has 0 aromatic rings. The summed E-state index contributed by atoms with van der Waals surface area (Å²) in [4.78, 5) is 112. The molecule has 32 nitrogen and oxygen atoms in total. The topological polar surface area (TPSA) is 428 Å². The van der Waals surface area contributed by atoms with Crippen LogP contribution in [0.5, 0.6) is 0 Å². The molecule has 83 heavy (non-hydrogen) atoms. The minimum atomic E-state index is -1.48. The molecule has 464 valence electrons. The number of esters is 4. The fraction of sp³-hybridized carbons (Fsp3) is 0.686. The number of ether oxygens (including phenoxy) is 16. The maximum Gasteiger partial charge on any atom is 0.508 e. The summed E-state index contributed by atoms with van der Waals surface area (Å²) in [5.74, 6) is -3.75. The van der Waals surface area contributed by atoms with Gasteiger partial charge in [0.05, 0.1) is 98.2 Å². The summed E-state index contributed by atoms with van der Waals surface area (Å²) in [6, 6.07) is -3.11. The highest BCUT2D eigenvalue weighted by molar-refractivity contribution is 5.87. The highest BCUT2D eigenvalue weighted by atomic mass is 16.8. The fourth-order valence-corrected chi connectivity index (χ4v) is 8.40. The first-order valence-electron chi connectivity index (χ1n) is 26.5. The molecular weight excluding hydrogens is 1110 g/mol. The fourth-order valence-electron chi connectivity index (χ4n) is 8.40. The Balaban J connectivity index is 1.31. The van der Waals surface area contributed by atoms with Crippen molar-refractivity contribution in [3.8, 4) is 12.3 Å². The van der Waals surface area contributed by atoms with Crippen LogP contribution in [0.4, 0.5) is 9.59 Å². The van der Waals surface area contributed by atoms with Gasteiger partial charge in [-0.2, -0.15) is 0 Å². The van der Waals surface area contributed by atoms with Crippen LogP contribution >= 0.6 is 0 Å². The van der Waals surface area contributed by atoms with E-state index in [2.05, 4.69) is 21.2 Å². The summed E-state index contributed by atoms with van der Waals surface area (Å²) in [6.45, 7) is 4.68. The van der Waals surface area contributed by atoms with E-state index in [-0.39, 0.29) is 135 Å². The summed E-state index contributed by atoms with van der Waals surface area (Å²) in [5.41, 5.74) is 22.6. The molecule has 0 aromatic heterocycles. The van der Waals surface area contributed by atoms with E-state index in [0.29, 0.717) is 26.4 Å². The second-order valence-corrected chi connectivity index (χ2v) is 18.4. The van der Waals surface area contributed by atoms with Crippen molar-refractivity contribution in [1.29, 1.82) is 0 Å². The molecule has 0 aromatic carbocycles. The van der Waals surface area contributed by atoms with Crippen molar-refractivity contribution in [2.24, 2.45) is 38.8 Å². The quantitative estimate of drug-likeness (QED) is 0.0109. The van der Waals surface area contributed by atoms with Crippen molar-refractivity contribution in [3.05, 3.63) is 23.7 Å². The summed E-state index contributed by atoms with van der Waals surface area (Å²) in [7, 11) is 2.24. The van der Waals surface area contributed by atoms with Crippen LogP contribution in [0.3, 0.4) is 0 Å². The largest absolute Gasteiger partial charge is 0.508 e. The van der Waals surface area contributed by atoms with Gasteiger partial charge in [-0.1, -0.05) is 12.8 Å².